The number of benzene rings is 1. The molecule has 0 aliphatic carbocycles. The van der Waals surface area contributed by atoms with E-state index in [1.54, 1.807) is 45.4 Å². The Hall–Kier alpha value is -3.88. The van der Waals surface area contributed by atoms with E-state index in [1.807, 2.05) is 39.0 Å². The van der Waals surface area contributed by atoms with Crippen LogP contribution in [0.25, 0.3) is 0 Å². The largest absolute Gasteiger partial charge is 0.505 e. The molecule has 0 saturated carbocycles. The normalized spacial score (nSPS) is 10.7. The zero-order valence-corrected chi connectivity index (χ0v) is 19.9. The van der Waals surface area contributed by atoms with Gasteiger partial charge >= 0.3 is 0 Å². The van der Waals surface area contributed by atoms with Gasteiger partial charge < -0.3 is 31.8 Å². The molecule has 1 aromatic rings. The van der Waals surface area contributed by atoms with Gasteiger partial charge in [-0.15, -0.1) is 0 Å². The first-order valence-electron chi connectivity index (χ1n) is 10.0. The van der Waals surface area contributed by atoms with Crippen molar-refractivity contribution in [2.45, 2.75) is 20.8 Å². The number of nitrogens with two attached hydrogens (primary N) is 1. The second-order valence-corrected chi connectivity index (χ2v) is 6.01. The predicted octanol–water partition coefficient (Wildman–Crippen LogP) is 3.37. The summed E-state index contributed by atoms with van der Waals surface area (Å²) in [6.45, 7) is 10.0. The highest BCUT2D eigenvalue weighted by atomic mass is 16.3. The summed E-state index contributed by atoms with van der Waals surface area (Å²) >= 11 is 0. The number of carbonyl (C=O) groups excluding carboxylic acids is 1. The van der Waals surface area contributed by atoms with E-state index in [4.69, 9.17) is 10.8 Å². The summed E-state index contributed by atoms with van der Waals surface area (Å²) in [7, 11) is 4.93. The molecule has 176 valence electrons. The molecule has 1 aromatic carbocycles. The van der Waals surface area contributed by atoms with Gasteiger partial charge in [-0.05, 0) is 31.2 Å². The number of aromatic hydroxyl groups is 1. The maximum absolute atomic E-state index is 12.1. The van der Waals surface area contributed by atoms with Gasteiger partial charge in [-0.25, -0.2) is 0 Å². The molecule has 0 unspecified atom stereocenters. The molecular formula is C23H37N7O2. The molecule has 1 rings (SSSR count). The van der Waals surface area contributed by atoms with Gasteiger partial charge in [0.1, 0.15) is 11.7 Å². The average Bonchev–Trinajstić information content (AvgIpc) is 2.79. The fraction of sp³-hybridized carbons (Fsp3) is 0.304. The Kier molecular flexibility index (Phi) is 17.0. The first-order chi connectivity index (χ1) is 15.2. The predicted molar refractivity (Wildman–Crippen MR) is 136 cm³/mol. The molecule has 32 heavy (non-hydrogen) atoms. The first kappa shape index (κ1) is 30.3. The molecule has 0 heterocycles. The Morgan fingerprint density at radius 2 is 1.94 bits per heavy atom. The number of allylic oxidation sites excluding steroid dienone is 4. The van der Waals surface area contributed by atoms with Gasteiger partial charge in [0.15, 0.2) is 5.75 Å². The fourth-order valence-corrected chi connectivity index (χ4v) is 2.06. The second-order valence-electron chi connectivity index (χ2n) is 6.01. The third-order valence-corrected chi connectivity index (χ3v) is 3.48. The second kappa shape index (κ2) is 17.9. The van der Waals surface area contributed by atoms with Gasteiger partial charge in [-0.3, -0.25) is 15.2 Å². The number of rotatable bonds is 8. The number of nitrogens with zero attached hydrogens (tertiary/aromatic N) is 2. The number of aliphatic imine (C=N–C) groups is 1. The van der Waals surface area contributed by atoms with E-state index in [0.717, 1.165) is 11.9 Å². The molecule has 9 heteroatoms. The van der Waals surface area contributed by atoms with Crippen LogP contribution in [0.3, 0.4) is 0 Å². The molecule has 0 radical (unpaired) electrons. The molecule has 1 amide bonds. The van der Waals surface area contributed by atoms with Gasteiger partial charge in [0.25, 0.3) is 5.91 Å². The van der Waals surface area contributed by atoms with Crippen LogP contribution < -0.4 is 16.4 Å². The van der Waals surface area contributed by atoms with Crippen molar-refractivity contribution in [2.75, 3.05) is 33.0 Å². The van der Waals surface area contributed by atoms with Crippen LogP contribution in [-0.2, 0) is 0 Å². The van der Waals surface area contributed by atoms with Crippen LogP contribution in [0.5, 0.6) is 5.75 Å². The lowest BCUT2D eigenvalue weighted by molar-refractivity contribution is 0.0824. The maximum atomic E-state index is 12.1. The van der Waals surface area contributed by atoms with Crippen LogP contribution in [0.4, 0.5) is 5.69 Å². The lowest BCUT2D eigenvalue weighted by atomic mass is 10.1. The van der Waals surface area contributed by atoms with Crippen molar-refractivity contribution in [1.82, 2.24) is 10.2 Å². The number of nitrogens with one attached hydrogen (secondary N) is 4. The molecule has 0 spiro atoms. The van der Waals surface area contributed by atoms with Gasteiger partial charge in [-0.2, -0.15) is 0 Å². The van der Waals surface area contributed by atoms with E-state index in [1.165, 1.54) is 4.90 Å². The Morgan fingerprint density at radius 3 is 2.38 bits per heavy atom. The number of amidine groups is 2. The summed E-state index contributed by atoms with van der Waals surface area (Å²) in [4.78, 5) is 17.7. The monoisotopic (exact) mass is 443 g/mol. The smallest absolute Gasteiger partial charge is 0.257 e. The zero-order valence-electron chi connectivity index (χ0n) is 19.9. The first-order valence-corrected chi connectivity index (χ1v) is 10.0. The van der Waals surface area contributed by atoms with Crippen molar-refractivity contribution in [3.05, 3.63) is 60.3 Å². The van der Waals surface area contributed by atoms with Gasteiger partial charge in [0.2, 0.25) is 0 Å². The quantitative estimate of drug-likeness (QED) is 0.158. The fourth-order valence-electron chi connectivity index (χ4n) is 2.06. The Balaban J connectivity index is 0. The molecular weight excluding hydrogens is 406 g/mol. The molecule has 0 aromatic heterocycles. The minimum absolute atomic E-state index is 0.0994. The molecule has 9 nitrogen and oxygen atoms in total. The summed E-state index contributed by atoms with van der Waals surface area (Å²) < 4.78 is 0. The van der Waals surface area contributed by atoms with Crippen LogP contribution in [0.1, 0.15) is 31.1 Å². The highest BCUT2D eigenvalue weighted by molar-refractivity contribution is 6.25. The standard InChI is InChI=1S/C19H26N4O2.C2H5N3.C2H6/c1-6-9-14(10-7-2)21-13-17(20-3)22-16-12-8-11-15(18(16)24)19(25)23(4)5;3-1-2(4)5;1-2/h6-12,21,24H,1,13H2,2-5H3,(H,20,22);1,3H,(H3,4,5);1-2H3/b10-7-,14-9+;;. The molecule has 0 aliphatic rings. The zero-order chi connectivity index (χ0) is 25.1. The van der Waals surface area contributed by atoms with Crippen LogP contribution in [0, 0.1) is 10.8 Å². The highest BCUT2D eigenvalue weighted by Gasteiger charge is 2.16. The lowest BCUT2D eigenvalue weighted by Crippen LogP contribution is -2.28. The van der Waals surface area contributed by atoms with E-state index in [2.05, 4.69) is 27.9 Å². The number of hydrogen-bond donors (Lipinski definition) is 6. The van der Waals surface area contributed by atoms with Crippen molar-refractivity contribution in [3.8, 4) is 5.75 Å². The third-order valence-electron chi connectivity index (χ3n) is 3.48. The van der Waals surface area contributed by atoms with Crippen molar-refractivity contribution >= 4 is 29.5 Å². The summed E-state index contributed by atoms with van der Waals surface area (Å²) in [5.41, 5.74) is 6.18. The summed E-state index contributed by atoms with van der Waals surface area (Å²) in [5.74, 6) is 0.0467. The Bertz CT molecular complexity index is 841. The third kappa shape index (κ3) is 12.0. The van der Waals surface area contributed by atoms with Gasteiger partial charge in [0.05, 0.1) is 24.0 Å². The molecule has 0 saturated heterocycles. The molecule has 0 fully saturated rings. The molecule has 0 aliphatic heterocycles. The van der Waals surface area contributed by atoms with Gasteiger partial charge in [-0.1, -0.05) is 38.6 Å². The average molecular weight is 444 g/mol. The number of hydrogen-bond acceptors (Lipinski definition) is 6. The molecule has 0 bridgehead atoms. The minimum Gasteiger partial charge on any atom is -0.505 e. The number of carbonyl (C=O) groups is 1. The SMILES string of the molecule is C=C/C=C(\C=C/C)NCC(=NC)Nc1cccc(C(=O)N(C)C)c1O.CC.N=CC(=N)N. The van der Waals surface area contributed by atoms with Crippen molar-refractivity contribution in [2.24, 2.45) is 10.7 Å². The van der Waals surface area contributed by atoms with E-state index >= 15 is 0 Å². The van der Waals surface area contributed by atoms with Crippen LogP contribution >= 0.6 is 0 Å². The number of phenolic OH excluding ortho intramolecular Hbond substituents is 1. The van der Waals surface area contributed by atoms with Gasteiger partial charge in [0, 0.05) is 26.8 Å². The van der Waals surface area contributed by atoms with E-state index in [9.17, 15) is 9.90 Å². The Morgan fingerprint density at radius 1 is 1.34 bits per heavy atom. The molecule has 7 N–H and O–H groups in total. The number of phenols is 1. The van der Waals surface area contributed by atoms with Crippen LogP contribution in [-0.4, -0.2) is 61.5 Å². The Labute approximate surface area is 191 Å². The van der Waals surface area contributed by atoms with E-state index in [0.29, 0.717) is 18.1 Å². The van der Waals surface area contributed by atoms with Crippen molar-refractivity contribution in [1.29, 1.82) is 10.8 Å². The number of para-hydroxylation sites is 1. The summed E-state index contributed by atoms with van der Waals surface area (Å²) in [6.07, 6.45) is 8.16. The summed E-state index contributed by atoms with van der Waals surface area (Å²) in [6, 6.07) is 4.99. The van der Waals surface area contributed by atoms with Crippen molar-refractivity contribution < 1.29 is 9.90 Å². The maximum Gasteiger partial charge on any atom is 0.257 e. The number of anilines is 1. The molecule has 0 atom stereocenters. The minimum atomic E-state index is -0.265. The van der Waals surface area contributed by atoms with E-state index in [-0.39, 0.29) is 23.1 Å². The van der Waals surface area contributed by atoms with E-state index < -0.39 is 0 Å². The number of amides is 1. The van der Waals surface area contributed by atoms with Crippen molar-refractivity contribution in [3.63, 3.8) is 0 Å². The highest BCUT2D eigenvalue weighted by Crippen LogP contribution is 2.28. The topological polar surface area (TPSA) is 151 Å². The van der Waals surface area contributed by atoms with Crippen LogP contribution in [0.15, 0.2) is 59.8 Å². The van der Waals surface area contributed by atoms with Crippen LogP contribution in [0.2, 0.25) is 0 Å². The summed E-state index contributed by atoms with van der Waals surface area (Å²) in [5, 5.41) is 29.1. The lowest BCUT2D eigenvalue weighted by Gasteiger charge is -2.16.